The van der Waals surface area contributed by atoms with Crippen molar-refractivity contribution in [2.45, 2.75) is 26.8 Å². The van der Waals surface area contributed by atoms with Gasteiger partial charge in [-0.1, -0.05) is 0 Å². The van der Waals surface area contributed by atoms with E-state index in [0.717, 1.165) is 32.1 Å². The molecule has 1 aliphatic heterocycles. The first-order valence-electron chi connectivity index (χ1n) is 5.45. The van der Waals surface area contributed by atoms with E-state index in [1.807, 2.05) is 6.92 Å². The predicted molar refractivity (Wildman–Crippen MR) is 59.0 cm³/mol. The SMILES string of the molecule is C=C(OCC)N1CCN(C(C)C)CC1. The normalized spacial score (nSPS) is 18.7. The van der Waals surface area contributed by atoms with Crippen molar-refractivity contribution in [3.63, 3.8) is 0 Å². The zero-order chi connectivity index (χ0) is 10.6. The Morgan fingerprint density at radius 3 is 2.29 bits per heavy atom. The highest BCUT2D eigenvalue weighted by atomic mass is 16.5. The van der Waals surface area contributed by atoms with Crippen LogP contribution in [-0.4, -0.2) is 48.6 Å². The third-order valence-corrected chi connectivity index (χ3v) is 2.71. The van der Waals surface area contributed by atoms with E-state index in [0.29, 0.717) is 12.6 Å². The van der Waals surface area contributed by atoms with Crippen molar-refractivity contribution in [3.8, 4) is 0 Å². The monoisotopic (exact) mass is 198 g/mol. The van der Waals surface area contributed by atoms with E-state index in [9.17, 15) is 0 Å². The molecule has 0 aromatic rings. The summed E-state index contributed by atoms with van der Waals surface area (Å²) in [5, 5.41) is 0. The smallest absolute Gasteiger partial charge is 0.181 e. The highest BCUT2D eigenvalue weighted by Gasteiger charge is 2.19. The summed E-state index contributed by atoms with van der Waals surface area (Å²) in [7, 11) is 0. The van der Waals surface area contributed by atoms with Crippen LogP contribution in [0.5, 0.6) is 0 Å². The fourth-order valence-electron chi connectivity index (χ4n) is 1.75. The molecule has 1 heterocycles. The van der Waals surface area contributed by atoms with Crippen LogP contribution in [0.1, 0.15) is 20.8 Å². The molecule has 0 amide bonds. The van der Waals surface area contributed by atoms with Gasteiger partial charge in [0.1, 0.15) is 0 Å². The maximum absolute atomic E-state index is 5.39. The minimum absolute atomic E-state index is 0.650. The van der Waals surface area contributed by atoms with Crippen molar-refractivity contribution in [1.82, 2.24) is 9.80 Å². The van der Waals surface area contributed by atoms with Gasteiger partial charge >= 0.3 is 0 Å². The van der Waals surface area contributed by atoms with Gasteiger partial charge in [-0.3, -0.25) is 4.90 Å². The van der Waals surface area contributed by atoms with Crippen molar-refractivity contribution < 1.29 is 4.74 Å². The van der Waals surface area contributed by atoms with Crippen LogP contribution < -0.4 is 0 Å². The van der Waals surface area contributed by atoms with Crippen molar-refractivity contribution in [2.24, 2.45) is 0 Å². The molecule has 82 valence electrons. The fraction of sp³-hybridized carbons (Fsp3) is 0.818. The van der Waals surface area contributed by atoms with Crippen LogP contribution in [0.2, 0.25) is 0 Å². The van der Waals surface area contributed by atoms with E-state index in [1.165, 1.54) is 0 Å². The van der Waals surface area contributed by atoms with Crippen molar-refractivity contribution in [1.29, 1.82) is 0 Å². The lowest BCUT2D eigenvalue weighted by Crippen LogP contribution is -2.48. The van der Waals surface area contributed by atoms with E-state index in [2.05, 4.69) is 30.2 Å². The summed E-state index contributed by atoms with van der Waals surface area (Å²) in [5.74, 6) is 0.830. The Morgan fingerprint density at radius 1 is 1.29 bits per heavy atom. The van der Waals surface area contributed by atoms with E-state index in [-0.39, 0.29) is 0 Å². The molecule has 0 unspecified atom stereocenters. The van der Waals surface area contributed by atoms with E-state index < -0.39 is 0 Å². The molecule has 14 heavy (non-hydrogen) atoms. The van der Waals surface area contributed by atoms with E-state index >= 15 is 0 Å². The Balaban J connectivity index is 2.31. The van der Waals surface area contributed by atoms with Crippen LogP contribution in [0.3, 0.4) is 0 Å². The van der Waals surface area contributed by atoms with Crippen molar-refractivity contribution in [2.75, 3.05) is 32.8 Å². The largest absolute Gasteiger partial charge is 0.480 e. The van der Waals surface area contributed by atoms with Gasteiger partial charge in [0.2, 0.25) is 0 Å². The summed E-state index contributed by atoms with van der Waals surface area (Å²) in [6.45, 7) is 15.4. The molecule has 1 saturated heterocycles. The third kappa shape index (κ3) is 2.91. The van der Waals surface area contributed by atoms with Gasteiger partial charge in [0.25, 0.3) is 0 Å². The minimum Gasteiger partial charge on any atom is -0.480 e. The standard InChI is InChI=1S/C11H22N2O/c1-5-14-11(4)13-8-6-12(7-9-13)10(2)3/h10H,4-9H2,1-3H3. The van der Waals surface area contributed by atoms with Crippen molar-refractivity contribution in [3.05, 3.63) is 12.5 Å². The summed E-state index contributed by atoms with van der Waals surface area (Å²) >= 11 is 0. The number of nitrogens with zero attached hydrogens (tertiary/aromatic N) is 2. The molecule has 0 atom stereocenters. The molecule has 0 aliphatic carbocycles. The number of rotatable bonds is 4. The Labute approximate surface area is 87.3 Å². The molecule has 3 heteroatoms. The molecule has 0 N–H and O–H groups in total. The molecule has 1 aliphatic rings. The van der Waals surface area contributed by atoms with Gasteiger partial charge < -0.3 is 9.64 Å². The molecule has 0 spiro atoms. The Hall–Kier alpha value is -0.700. The first kappa shape index (κ1) is 11.4. The molecule has 0 aromatic carbocycles. The molecule has 0 aromatic heterocycles. The topological polar surface area (TPSA) is 15.7 Å². The first-order chi connectivity index (χ1) is 6.65. The highest BCUT2D eigenvalue weighted by Crippen LogP contribution is 2.10. The van der Waals surface area contributed by atoms with Crippen LogP contribution in [0.25, 0.3) is 0 Å². The van der Waals surface area contributed by atoms with E-state index in [4.69, 9.17) is 4.74 Å². The number of ether oxygens (including phenoxy) is 1. The Morgan fingerprint density at radius 2 is 1.86 bits per heavy atom. The quantitative estimate of drug-likeness (QED) is 0.637. The molecule has 3 nitrogen and oxygen atoms in total. The van der Waals surface area contributed by atoms with E-state index in [1.54, 1.807) is 0 Å². The van der Waals surface area contributed by atoms with Crippen LogP contribution in [-0.2, 0) is 4.74 Å². The Kier molecular flexibility index (Phi) is 4.26. The number of hydrogen-bond donors (Lipinski definition) is 0. The van der Waals surface area contributed by atoms with Gasteiger partial charge in [-0.05, 0) is 27.4 Å². The zero-order valence-electron chi connectivity index (χ0n) is 9.62. The number of piperazine rings is 1. The average molecular weight is 198 g/mol. The lowest BCUT2D eigenvalue weighted by atomic mass is 10.2. The summed E-state index contributed by atoms with van der Waals surface area (Å²) < 4.78 is 5.39. The second-order valence-corrected chi connectivity index (χ2v) is 3.94. The van der Waals surface area contributed by atoms with Crippen LogP contribution in [0.15, 0.2) is 12.5 Å². The fourth-order valence-corrected chi connectivity index (χ4v) is 1.75. The molecular formula is C11H22N2O. The van der Waals surface area contributed by atoms with Gasteiger partial charge in [0.05, 0.1) is 6.61 Å². The maximum Gasteiger partial charge on any atom is 0.181 e. The summed E-state index contributed by atoms with van der Waals surface area (Å²) in [4.78, 5) is 4.71. The average Bonchev–Trinajstić information content (AvgIpc) is 2.18. The van der Waals surface area contributed by atoms with Crippen molar-refractivity contribution >= 4 is 0 Å². The molecule has 0 saturated carbocycles. The third-order valence-electron chi connectivity index (χ3n) is 2.71. The molecule has 1 rings (SSSR count). The zero-order valence-corrected chi connectivity index (χ0v) is 9.62. The number of hydrogen-bond acceptors (Lipinski definition) is 3. The van der Waals surface area contributed by atoms with Gasteiger partial charge in [-0.2, -0.15) is 0 Å². The second-order valence-electron chi connectivity index (χ2n) is 3.94. The molecule has 0 radical (unpaired) electrons. The summed E-state index contributed by atoms with van der Waals surface area (Å²) in [6.07, 6.45) is 0. The van der Waals surface area contributed by atoms with Gasteiger partial charge in [0.15, 0.2) is 5.88 Å². The first-order valence-corrected chi connectivity index (χ1v) is 5.45. The molecule has 1 fully saturated rings. The van der Waals surface area contributed by atoms with Crippen LogP contribution in [0.4, 0.5) is 0 Å². The highest BCUT2D eigenvalue weighted by molar-refractivity contribution is 4.87. The van der Waals surface area contributed by atoms with Crippen LogP contribution in [0, 0.1) is 0 Å². The maximum atomic E-state index is 5.39. The molecule has 0 bridgehead atoms. The van der Waals surface area contributed by atoms with Crippen LogP contribution >= 0.6 is 0 Å². The van der Waals surface area contributed by atoms with Gasteiger partial charge in [-0.15, -0.1) is 0 Å². The predicted octanol–water partition coefficient (Wildman–Crippen LogP) is 1.52. The molecular weight excluding hydrogens is 176 g/mol. The second kappa shape index (κ2) is 5.25. The lowest BCUT2D eigenvalue weighted by Gasteiger charge is -2.38. The Bertz CT molecular complexity index is 184. The van der Waals surface area contributed by atoms with Gasteiger partial charge in [-0.25, -0.2) is 0 Å². The minimum atomic E-state index is 0.650. The summed E-state index contributed by atoms with van der Waals surface area (Å²) in [5.41, 5.74) is 0. The lowest BCUT2D eigenvalue weighted by molar-refractivity contribution is 0.0658. The summed E-state index contributed by atoms with van der Waals surface area (Å²) in [6, 6.07) is 0.650. The van der Waals surface area contributed by atoms with Gasteiger partial charge in [0, 0.05) is 32.2 Å².